The van der Waals surface area contributed by atoms with Crippen LogP contribution >= 0.6 is 0 Å². The molecule has 2 heterocycles. The smallest absolute Gasteiger partial charge is 0.248 e. The summed E-state index contributed by atoms with van der Waals surface area (Å²) in [6, 6.07) is 5.41. The summed E-state index contributed by atoms with van der Waals surface area (Å²) in [6.45, 7) is 1.72. The molecule has 7 nitrogen and oxygen atoms in total. The van der Waals surface area contributed by atoms with Gasteiger partial charge in [0.15, 0.2) is 5.82 Å². The van der Waals surface area contributed by atoms with Crippen LogP contribution in [0.5, 0.6) is 0 Å². The van der Waals surface area contributed by atoms with E-state index in [1.54, 1.807) is 25.1 Å². The van der Waals surface area contributed by atoms with Gasteiger partial charge < -0.3 is 16.2 Å². The summed E-state index contributed by atoms with van der Waals surface area (Å²) in [5.74, 6) is -0.175. The van der Waals surface area contributed by atoms with E-state index in [2.05, 4.69) is 15.4 Å². The molecular weight excluding hydrogens is 313 g/mol. The molecule has 1 aliphatic rings. The highest BCUT2D eigenvalue weighted by Gasteiger charge is 2.34. The van der Waals surface area contributed by atoms with E-state index in [0.717, 1.165) is 0 Å². The lowest BCUT2D eigenvalue weighted by Gasteiger charge is -2.27. The van der Waals surface area contributed by atoms with Crippen LogP contribution in [-0.4, -0.2) is 32.4 Å². The van der Waals surface area contributed by atoms with Gasteiger partial charge in [0.2, 0.25) is 11.9 Å². The van der Waals surface area contributed by atoms with Gasteiger partial charge in [-0.25, -0.2) is 9.07 Å². The first kappa shape index (κ1) is 16.1. The van der Waals surface area contributed by atoms with Gasteiger partial charge >= 0.3 is 0 Å². The maximum Gasteiger partial charge on any atom is 0.248 e. The molecule has 0 unspecified atom stereocenters. The summed E-state index contributed by atoms with van der Waals surface area (Å²) in [5.41, 5.74) is 6.58. The second-order valence-electron chi connectivity index (χ2n) is 5.58. The maximum absolute atomic E-state index is 14.4. The molecule has 1 aliphatic heterocycles. The largest absolute Gasteiger partial charge is 0.396 e. The lowest BCUT2D eigenvalue weighted by atomic mass is 9.95. The summed E-state index contributed by atoms with van der Waals surface area (Å²) in [6.07, 6.45) is 0.996. The minimum atomic E-state index is -0.782. The number of hydrogen-bond donors (Lipinski definition) is 3. The number of nitrogens with two attached hydrogens (primary N) is 1. The van der Waals surface area contributed by atoms with E-state index in [4.69, 9.17) is 10.8 Å². The standard InChI is InChI=1S/C16H18FN5O2/c1-9-13(15(18)24)14(10-5-2-3-6-11(10)17)22-16(19-9)20-12(21-22)7-4-8-23/h2-3,5-6,14,23H,4,7-8H2,1H3,(H2,18,24)(H,19,20,21)/t14-/m1/s1. The predicted molar refractivity (Wildman–Crippen MR) is 85.5 cm³/mol. The van der Waals surface area contributed by atoms with Crippen LogP contribution in [0.4, 0.5) is 10.3 Å². The molecule has 0 radical (unpaired) electrons. The minimum absolute atomic E-state index is 0.0257. The Balaban J connectivity index is 2.14. The van der Waals surface area contributed by atoms with Gasteiger partial charge in [-0.2, -0.15) is 10.1 Å². The number of aliphatic hydroxyl groups is 1. The Morgan fingerprint density at radius 2 is 2.21 bits per heavy atom. The number of carbonyl (C=O) groups excluding carboxylic acids is 1. The average molecular weight is 331 g/mol. The van der Waals surface area contributed by atoms with Crippen LogP contribution in [0.25, 0.3) is 0 Å². The Morgan fingerprint density at radius 1 is 1.46 bits per heavy atom. The number of fused-ring (bicyclic) bond motifs is 1. The molecular formula is C16H18FN5O2. The van der Waals surface area contributed by atoms with Gasteiger partial charge in [0.25, 0.3) is 0 Å². The van der Waals surface area contributed by atoms with Crippen LogP contribution in [-0.2, 0) is 11.2 Å². The number of halogens is 1. The van der Waals surface area contributed by atoms with E-state index in [1.807, 2.05) is 0 Å². The van der Waals surface area contributed by atoms with Gasteiger partial charge in [0.05, 0.1) is 5.57 Å². The van der Waals surface area contributed by atoms with E-state index in [-0.39, 0.29) is 12.2 Å². The number of carbonyl (C=O) groups is 1. The number of aromatic nitrogens is 3. The second-order valence-corrected chi connectivity index (χ2v) is 5.58. The molecule has 3 rings (SSSR count). The normalized spacial score (nSPS) is 16.7. The number of nitrogens with one attached hydrogen (secondary N) is 1. The van der Waals surface area contributed by atoms with Crippen molar-refractivity contribution in [2.24, 2.45) is 5.73 Å². The van der Waals surface area contributed by atoms with Crippen molar-refractivity contribution in [1.82, 2.24) is 14.8 Å². The van der Waals surface area contributed by atoms with E-state index in [1.165, 1.54) is 10.7 Å². The summed E-state index contributed by atoms with van der Waals surface area (Å²) in [4.78, 5) is 16.3. The Morgan fingerprint density at radius 3 is 2.88 bits per heavy atom. The molecule has 2 aromatic rings. The molecule has 4 N–H and O–H groups in total. The summed E-state index contributed by atoms with van der Waals surface area (Å²) in [5, 5.41) is 16.3. The van der Waals surface area contributed by atoms with Gasteiger partial charge in [0.1, 0.15) is 11.9 Å². The molecule has 1 amide bonds. The third kappa shape index (κ3) is 2.76. The van der Waals surface area contributed by atoms with E-state index in [0.29, 0.717) is 35.9 Å². The highest BCUT2D eigenvalue weighted by Crippen LogP contribution is 2.35. The molecule has 0 saturated heterocycles. The molecule has 0 aliphatic carbocycles. The number of amides is 1. The highest BCUT2D eigenvalue weighted by atomic mass is 19.1. The van der Waals surface area contributed by atoms with Gasteiger partial charge in [0, 0.05) is 24.3 Å². The zero-order valence-electron chi connectivity index (χ0n) is 13.2. The average Bonchev–Trinajstić information content (AvgIpc) is 2.94. The number of nitrogens with zero attached hydrogens (tertiary/aromatic N) is 3. The Kier molecular flexibility index (Phi) is 4.30. The first-order chi connectivity index (χ1) is 11.5. The van der Waals surface area contributed by atoms with Crippen LogP contribution in [0.3, 0.4) is 0 Å². The maximum atomic E-state index is 14.4. The number of aryl methyl sites for hydroxylation is 1. The SMILES string of the molecule is CC1=C(C(N)=O)[C@@H](c2ccccc2F)n2nc(CCCO)nc2N1. The van der Waals surface area contributed by atoms with Crippen molar-refractivity contribution in [2.45, 2.75) is 25.8 Å². The van der Waals surface area contributed by atoms with Crippen LogP contribution in [0.1, 0.15) is 30.8 Å². The van der Waals surface area contributed by atoms with Crippen molar-refractivity contribution in [1.29, 1.82) is 0 Å². The molecule has 126 valence electrons. The lowest BCUT2D eigenvalue weighted by Crippen LogP contribution is -2.32. The van der Waals surface area contributed by atoms with Crippen LogP contribution in [0.2, 0.25) is 0 Å². The van der Waals surface area contributed by atoms with Crippen molar-refractivity contribution in [3.05, 3.63) is 52.7 Å². The van der Waals surface area contributed by atoms with Crippen molar-refractivity contribution >= 4 is 11.9 Å². The van der Waals surface area contributed by atoms with Crippen LogP contribution in [0, 0.1) is 5.82 Å². The van der Waals surface area contributed by atoms with Gasteiger partial charge in [-0.15, -0.1) is 0 Å². The second kappa shape index (κ2) is 6.40. The minimum Gasteiger partial charge on any atom is -0.396 e. The molecule has 0 fully saturated rings. The molecule has 0 bridgehead atoms. The number of rotatable bonds is 5. The number of allylic oxidation sites excluding steroid dienone is 1. The Labute approximate surface area is 138 Å². The van der Waals surface area contributed by atoms with Gasteiger partial charge in [-0.1, -0.05) is 18.2 Å². The molecule has 0 spiro atoms. The first-order valence-electron chi connectivity index (χ1n) is 7.61. The Bertz CT molecular complexity index is 815. The summed E-state index contributed by atoms with van der Waals surface area (Å²) in [7, 11) is 0. The zero-order chi connectivity index (χ0) is 17.3. The number of anilines is 1. The van der Waals surface area contributed by atoms with Crippen molar-refractivity contribution < 1.29 is 14.3 Å². The number of benzene rings is 1. The number of primary amides is 1. The van der Waals surface area contributed by atoms with E-state index < -0.39 is 17.8 Å². The Hall–Kier alpha value is -2.74. The van der Waals surface area contributed by atoms with Gasteiger partial charge in [-0.05, 0) is 19.4 Å². The fourth-order valence-corrected chi connectivity index (χ4v) is 2.84. The molecule has 1 aromatic carbocycles. The fourth-order valence-electron chi connectivity index (χ4n) is 2.84. The lowest BCUT2D eigenvalue weighted by molar-refractivity contribution is -0.115. The van der Waals surface area contributed by atoms with E-state index in [9.17, 15) is 9.18 Å². The predicted octanol–water partition coefficient (Wildman–Crippen LogP) is 1.12. The summed E-state index contributed by atoms with van der Waals surface area (Å²) < 4.78 is 15.8. The van der Waals surface area contributed by atoms with Crippen molar-refractivity contribution in [3.63, 3.8) is 0 Å². The van der Waals surface area contributed by atoms with Crippen LogP contribution < -0.4 is 11.1 Å². The topological polar surface area (TPSA) is 106 Å². The molecule has 1 aromatic heterocycles. The third-order valence-electron chi connectivity index (χ3n) is 3.92. The van der Waals surface area contributed by atoms with Crippen molar-refractivity contribution in [2.75, 3.05) is 11.9 Å². The van der Waals surface area contributed by atoms with Gasteiger partial charge in [-0.3, -0.25) is 4.79 Å². The molecule has 0 saturated carbocycles. The quantitative estimate of drug-likeness (QED) is 0.761. The first-order valence-corrected chi connectivity index (χ1v) is 7.61. The summed E-state index contributed by atoms with van der Waals surface area (Å²) >= 11 is 0. The van der Waals surface area contributed by atoms with E-state index >= 15 is 0 Å². The molecule has 8 heteroatoms. The van der Waals surface area contributed by atoms with Crippen molar-refractivity contribution in [3.8, 4) is 0 Å². The number of hydrogen-bond acceptors (Lipinski definition) is 5. The van der Waals surface area contributed by atoms with Crippen LogP contribution in [0.15, 0.2) is 35.5 Å². The highest BCUT2D eigenvalue weighted by molar-refractivity contribution is 5.95. The number of aliphatic hydroxyl groups excluding tert-OH is 1. The monoisotopic (exact) mass is 331 g/mol. The molecule has 24 heavy (non-hydrogen) atoms. The zero-order valence-corrected chi connectivity index (χ0v) is 13.2. The third-order valence-corrected chi connectivity index (χ3v) is 3.92. The fraction of sp³-hybridized carbons (Fsp3) is 0.312. The molecule has 1 atom stereocenters.